The zero-order valence-corrected chi connectivity index (χ0v) is 20.5. The Morgan fingerprint density at radius 2 is 1.78 bits per heavy atom. The summed E-state index contributed by atoms with van der Waals surface area (Å²) in [6.07, 6.45) is 0.887. The molecule has 2 N–H and O–H groups in total. The molecular weight excluding hydrogens is 439 g/mol. The van der Waals surface area contributed by atoms with Crippen molar-refractivity contribution in [1.82, 2.24) is 4.72 Å². The standard InChI is InChI=1S/C22H32BF2NO5S/c1-20(2,3)32(29)26-15(11-16(27)28)17-18(24)13(12-8-9-12)10-14(19(17)25)23-30-21(4,5)22(6,7)31-23/h10,12,15,26H,8-9,11H2,1-7H3,(H,27,28)/t15?,32-/m1/s1. The highest BCUT2D eigenvalue weighted by Crippen LogP contribution is 2.44. The van der Waals surface area contributed by atoms with Crippen LogP contribution in [0.4, 0.5) is 8.78 Å². The summed E-state index contributed by atoms with van der Waals surface area (Å²) in [5.74, 6) is -3.07. The van der Waals surface area contributed by atoms with Crippen LogP contribution in [0.3, 0.4) is 0 Å². The molecule has 1 unspecified atom stereocenters. The van der Waals surface area contributed by atoms with Gasteiger partial charge in [0.1, 0.15) is 16.4 Å². The predicted octanol–water partition coefficient (Wildman–Crippen LogP) is 3.71. The van der Waals surface area contributed by atoms with Gasteiger partial charge in [-0.2, -0.15) is 0 Å². The molecule has 2 fully saturated rings. The van der Waals surface area contributed by atoms with Gasteiger partial charge < -0.3 is 19.0 Å². The fraction of sp³-hybridized carbons (Fsp3) is 0.682. The van der Waals surface area contributed by atoms with Gasteiger partial charge in [-0.25, -0.2) is 8.78 Å². The molecule has 1 aliphatic heterocycles. The molecule has 1 aliphatic carbocycles. The number of carbonyl (C=O) groups is 1. The highest BCUT2D eigenvalue weighted by atomic mass is 32.2. The number of aliphatic carboxylic acids is 1. The van der Waals surface area contributed by atoms with E-state index < -0.39 is 70.1 Å². The van der Waals surface area contributed by atoms with Gasteiger partial charge in [-0.1, -0.05) is 6.07 Å². The lowest BCUT2D eigenvalue weighted by Gasteiger charge is -2.32. The zero-order valence-electron chi connectivity index (χ0n) is 19.7. The summed E-state index contributed by atoms with van der Waals surface area (Å²) in [4.78, 5) is 11.5. The van der Waals surface area contributed by atoms with E-state index in [1.807, 2.05) is 27.7 Å². The van der Waals surface area contributed by atoms with Gasteiger partial charge in [-0.15, -0.1) is 4.72 Å². The molecule has 2 aliphatic rings. The van der Waals surface area contributed by atoms with Crippen molar-refractivity contribution in [2.75, 3.05) is 0 Å². The van der Waals surface area contributed by atoms with Gasteiger partial charge in [0, 0.05) is 22.4 Å². The van der Waals surface area contributed by atoms with Crippen LogP contribution < -0.4 is 10.2 Å². The molecule has 32 heavy (non-hydrogen) atoms. The molecule has 2 atom stereocenters. The molecule has 1 aromatic carbocycles. The molecule has 0 aromatic heterocycles. The summed E-state index contributed by atoms with van der Waals surface area (Å²) in [6, 6.07) is 0.111. The Morgan fingerprint density at radius 3 is 2.22 bits per heavy atom. The molecule has 1 aromatic rings. The Labute approximate surface area is 191 Å². The van der Waals surface area contributed by atoms with Gasteiger partial charge in [0.2, 0.25) is 0 Å². The average molecular weight is 471 g/mol. The smallest absolute Gasteiger partial charge is 0.497 e. The first-order chi connectivity index (χ1) is 14.5. The van der Waals surface area contributed by atoms with Crippen LogP contribution in [-0.4, -0.2) is 38.7 Å². The number of hydrogen-bond acceptors (Lipinski definition) is 5. The molecule has 10 heteroatoms. The topological polar surface area (TPSA) is 90.9 Å². The van der Waals surface area contributed by atoms with E-state index >= 15 is 8.78 Å². The molecule has 178 valence electrons. The van der Waals surface area contributed by atoms with Gasteiger partial charge >= 0.3 is 13.1 Å². The molecule has 0 amide bonds. The van der Waals surface area contributed by atoms with Crippen molar-refractivity contribution < 1.29 is 32.5 Å². The highest BCUT2D eigenvalue weighted by molar-refractivity contribution is 7.90. The number of rotatable bonds is 7. The van der Waals surface area contributed by atoms with Crippen LogP contribution in [0.25, 0.3) is 0 Å². The van der Waals surface area contributed by atoms with E-state index in [-0.39, 0.29) is 11.4 Å². The second kappa shape index (κ2) is 8.54. The van der Waals surface area contributed by atoms with Crippen LogP contribution in [0.5, 0.6) is 0 Å². The first-order valence-corrected chi connectivity index (χ1v) is 12.0. The summed E-state index contributed by atoms with van der Waals surface area (Å²) in [5.41, 5.74) is -1.56. The quantitative estimate of drug-likeness (QED) is 0.466. The lowest BCUT2D eigenvalue weighted by Crippen LogP contribution is -2.44. The minimum absolute atomic E-state index is 0.0284. The molecule has 3 rings (SSSR count). The number of hydrogen-bond donors (Lipinski definition) is 2. The fourth-order valence-electron chi connectivity index (χ4n) is 3.52. The summed E-state index contributed by atoms with van der Waals surface area (Å²) in [5, 5.41) is 9.42. The van der Waals surface area contributed by atoms with Gasteiger partial charge in [-0.05, 0) is 72.8 Å². The Balaban J connectivity index is 2.12. The van der Waals surface area contributed by atoms with Crippen molar-refractivity contribution >= 4 is 29.9 Å². The molecule has 1 saturated carbocycles. The van der Waals surface area contributed by atoms with Crippen molar-refractivity contribution in [1.29, 1.82) is 0 Å². The average Bonchev–Trinajstić information content (AvgIpc) is 3.41. The Kier molecular flexibility index (Phi) is 6.79. The van der Waals surface area contributed by atoms with Crippen molar-refractivity contribution in [2.24, 2.45) is 0 Å². The van der Waals surface area contributed by atoms with E-state index in [2.05, 4.69) is 4.72 Å². The van der Waals surface area contributed by atoms with Crippen LogP contribution in [0.1, 0.15) is 90.8 Å². The minimum atomic E-state index is -1.75. The zero-order chi connectivity index (χ0) is 24.2. The van der Waals surface area contributed by atoms with Crippen LogP contribution in [0, 0.1) is 11.6 Å². The summed E-state index contributed by atoms with van der Waals surface area (Å²) >= 11 is -1.75. The van der Waals surface area contributed by atoms with E-state index in [1.165, 1.54) is 6.07 Å². The summed E-state index contributed by atoms with van der Waals surface area (Å²) < 4.78 is 58.1. The van der Waals surface area contributed by atoms with Crippen LogP contribution >= 0.6 is 0 Å². The third-order valence-corrected chi connectivity index (χ3v) is 7.96. The van der Waals surface area contributed by atoms with Crippen LogP contribution in [0.15, 0.2) is 6.07 Å². The first kappa shape index (κ1) is 25.4. The van der Waals surface area contributed by atoms with E-state index in [9.17, 15) is 14.5 Å². The van der Waals surface area contributed by atoms with Gasteiger partial charge in [0.25, 0.3) is 0 Å². The third-order valence-electron chi connectivity index (χ3n) is 6.35. The van der Waals surface area contributed by atoms with Gasteiger partial charge in [0.15, 0.2) is 0 Å². The Hall–Kier alpha value is -1.20. The molecule has 1 saturated heterocycles. The molecule has 0 radical (unpaired) electrons. The van der Waals surface area contributed by atoms with E-state index in [0.717, 1.165) is 12.8 Å². The van der Waals surface area contributed by atoms with E-state index in [4.69, 9.17) is 9.31 Å². The van der Waals surface area contributed by atoms with Crippen molar-refractivity contribution in [2.45, 2.75) is 95.6 Å². The number of carboxylic acid groups (broad SMARTS) is 1. The number of benzene rings is 1. The van der Waals surface area contributed by atoms with Gasteiger partial charge in [-0.3, -0.25) is 4.79 Å². The van der Waals surface area contributed by atoms with Crippen molar-refractivity contribution in [3.63, 3.8) is 0 Å². The van der Waals surface area contributed by atoms with Crippen molar-refractivity contribution in [3.05, 3.63) is 28.8 Å². The van der Waals surface area contributed by atoms with Crippen LogP contribution in [0.2, 0.25) is 0 Å². The fourth-order valence-corrected chi connectivity index (χ4v) is 4.34. The second-order valence-corrected chi connectivity index (χ2v) is 12.6. The minimum Gasteiger partial charge on any atom is -0.598 e. The maximum Gasteiger partial charge on any atom is 0.497 e. The van der Waals surface area contributed by atoms with Gasteiger partial charge in [0.05, 0.1) is 23.7 Å². The SMILES string of the molecule is CC(C)(C)[S@@+]([O-])NC(CC(=O)O)c1c(F)c(B2OC(C)(C)C(C)(C)O2)cc(C2CC2)c1F. The molecule has 0 spiro atoms. The predicted molar refractivity (Wildman–Crippen MR) is 120 cm³/mol. The maximum absolute atomic E-state index is 15.9. The number of carboxylic acids is 1. The largest absolute Gasteiger partial charge is 0.598 e. The third kappa shape index (κ3) is 4.99. The van der Waals surface area contributed by atoms with E-state index in [0.29, 0.717) is 5.56 Å². The maximum atomic E-state index is 15.9. The van der Waals surface area contributed by atoms with E-state index in [1.54, 1.807) is 20.8 Å². The first-order valence-electron chi connectivity index (χ1n) is 10.8. The molecular formula is C22H32BF2NO5S. The lowest BCUT2D eigenvalue weighted by atomic mass is 9.75. The van der Waals surface area contributed by atoms with Crippen LogP contribution in [-0.2, 0) is 25.5 Å². The monoisotopic (exact) mass is 471 g/mol. The normalized spacial score (nSPS) is 22.1. The molecule has 6 nitrogen and oxygen atoms in total. The summed E-state index contributed by atoms with van der Waals surface area (Å²) in [6.45, 7) is 12.4. The molecule has 0 bridgehead atoms. The number of nitrogens with one attached hydrogen (secondary N) is 1. The second-order valence-electron chi connectivity index (χ2n) is 10.6. The van der Waals surface area contributed by atoms with Crippen molar-refractivity contribution in [3.8, 4) is 0 Å². The Bertz CT molecular complexity index is 885. The highest BCUT2D eigenvalue weighted by Gasteiger charge is 2.53. The lowest BCUT2D eigenvalue weighted by molar-refractivity contribution is -0.137. The summed E-state index contributed by atoms with van der Waals surface area (Å²) in [7, 11) is -1.07. The Morgan fingerprint density at radius 1 is 1.25 bits per heavy atom. The number of halogens is 2. The molecule has 1 heterocycles.